The first-order valence-electron chi connectivity index (χ1n) is 4.73. The summed E-state index contributed by atoms with van der Waals surface area (Å²) in [5.74, 6) is -1.20. The lowest BCUT2D eigenvalue weighted by Crippen LogP contribution is -2.48. The SMILES string of the molecule is CC1(C(=O)O)CCCN1CCC(N)=O. The van der Waals surface area contributed by atoms with Crippen molar-refractivity contribution in [2.75, 3.05) is 13.1 Å². The molecule has 1 rings (SSSR count). The van der Waals surface area contributed by atoms with E-state index in [1.54, 1.807) is 6.92 Å². The highest BCUT2D eigenvalue weighted by atomic mass is 16.4. The fourth-order valence-corrected chi connectivity index (χ4v) is 1.86. The summed E-state index contributed by atoms with van der Waals surface area (Å²) in [4.78, 5) is 23.4. The molecule has 0 spiro atoms. The second-order valence-corrected chi connectivity index (χ2v) is 3.89. The van der Waals surface area contributed by atoms with Crippen LogP contribution in [-0.2, 0) is 9.59 Å². The molecule has 1 saturated heterocycles. The molecule has 1 amide bonds. The highest BCUT2D eigenvalue weighted by molar-refractivity contribution is 5.79. The first-order valence-corrected chi connectivity index (χ1v) is 4.73. The van der Waals surface area contributed by atoms with Gasteiger partial charge in [0, 0.05) is 13.0 Å². The molecule has 0 aromatic carbocycles. The minimum Gasteiger partial charge on any atom is -0.480 e. The summed E-state index contributed by atoms with van der Waals surface area (Å²) in [6.07, 6.45) is 1.73. The molecule has 5 nitrogen and oxygen atoms in total. The van der Waals surface area contributed by atoms with Gasteiger partial charge in [0.15, 0.2) is 0 Å². The summed E-state index contributed by atoms with van der Waals surface area (Å²) in [5.41, 5.74) is 4.21. The third-order valence-electron chi connectivity index (χ3n) is 2.88. The van der Waals surface area contributed by atoms with Crippen LogP contribution in [0.1, 0.15) is 26.2 Å². The smallest absolute Gasteiger partial charge is 0.323 e. The normalized spacial score (nSPS) is 27.8. The van der Waals surface area contributed by atoms with Crippen molar-refractivity contribution in [1.82, 2.24) is 4.90 Å². The number of carboxylic acids is 1. The highest BCUT2D eigenvalue weighted by Gasteiger charge is 2.42. The van der Waals surface area contributed by atoms with Crippen molar-refractivity contribution in [3.8, 4) is 0 Å². The number of rotatable bonds is 4. The van der Waals surface area contributed by atoms with Gasteiger partial charge in [-0.05, 0) is 26.3 Å². The van der Waals surface area contributed by atoms with E-state index in [1.165, 1.54) is 0 Å². The number of carboxylic acid groups (broad SMARTS) is 1. The predicted molar refractivity (Wildman–Crippen MR) is 50.7 cm³/mol. The number of aliphatic carboxylic acids is 1. The van der Waals surface area contributed by atoms with E-state index < -0.39 is 11.5 Å². The molecule has 3 N–H and O–H groups in total. The van der Waals surface area contributed by atoms with Crippen LogP contribution in [0.15, 0.2) is 0 Å². The Morgan fingerprint density at radius 3 is 2.71 bits per heavy atom. The van der Waals surface area contributed by atoms with Crippen molar-refractivity contribution in [3.63, 3.8) is 0 Å². The molecule has 1 atom stereocenters. The lowest BCUT2D eigenvalue weighted by molar-refractivity contribution is -0.149. The quantitative estimate of drug-likeness (QED) is 0.658. The third kappa shape index (κ3) is 2.04. The lowest BCUT2D eigenvalue weighted by Gasteiger charge is -2.30. The van der Waals surface area contributed by atoms with Gasteiger partial charge in [0.25, 0.3) is 0 Å². The number of hydrogen-bond donors (Lipinski definition) is 2. The maximum atomic E-state index is 11.0. The maximum absolute atomic E-state index is 11.0. The number of amides is 1. The van der Waals surface area contributed by atoms with Gasteiger partial charge in [-0.2, -0.15) is 0 Å². The highest BCUT2D eigenvalue weighted by Crippen LogP contribution is 2.28. The number of primary amides is 1. The van der Waals surface area contributed by atoms with E-state index in [0.717, 1.165) is 13.0 Å². The molecule has 1 heterocycles. The van der Waals surface area contributed by atoms with Gasteiger partial charge in [-0.1, -0.05) is 0 Å². The maximum Gasteiger partial charge on any atom is 0.323 e. The molecule has 0 aromatic rings. The molecule has 1 aliphatic heterocycles. The fourth-order valence-electron chi connectivity index (χ4n) is 1.86. The number of carbonyl (C=O) groups is 2. The van der Waals surface area contributed by atoms with Crippen molar-refractivity contribution in [1.29, 1.82) is 0 Å². The number of hydrogen-bond acceptors (Lipinski definition) is 3. The summed E-state index contributed by atoms with van der Waals surface area (Å²) in [7, 11) is 0. The Hall–Kier alpha value is -1.10. The summed E-state index contributed by atoms with van der Waals surface area (Å²) < 4.78 is 0. The molecule has 0 bridgehead atoms. The second kappa shape index (κ2) is 3.96. The van der Waals surface area contributed by atoms with E-state index in [1.807, 2.05) is 4.90 Å². The molecule has 5 heteroatoms. The number of nitrogens with zero attached hydrogens (tertiary/aromatic N) is 1. The molecule has 0 aliphatic carbocycles. The first-order chi connectivity index (χ1) is 6.47. The Labute approximate surface area is 82.9 Å². The minimum absolute atomic E-state index is 0.225. The Balaban J connectivity index is 2.59. The van der Waals surface area contributed by atoms with E-state index in [0.29, 0.717) is 13.0 Å². The van der Waals surface area contributed by atoms with Gasteiger partial charge in [-0.15, -0.1) is 0 Å². The zero-order valence-corrected chi connectivity index (χ0v) is 8.32. The molecule has 0 radical (unpaired) electrons. The average Bonchev–Trinajstić information content (AvgIpc) is 2.45. The molecular formula is C9H16N2O3. The van der Waals surface area contributed by atoms with Gasteiger partial charge in [-0.3, -0.25) is 14.5 Å². The van der Waals surface area contributed by atoms with Crippen molar-refractivity contribution in [2.45, 2.75) is 31.7 Å². The molecule has 1 fully saturated rings. The molecular weight excluding hydrogens is 184 g/mol. The predicted octanol–water partition coefficient (Wildman–Crippen LogP) is -0.199. The van der Waals surface area contributed by atoms with Gasteiger partial charge >= 0.3 is 5.97 Å². The average molecular weight is 200 g/mol. The van der Waals surface area contributed by atoms with E-state index in [4.69, 9.17) is 10.8 Å². The van der Waals surface area contributed by atoms with Crippen LogP contribution in [0.25, 0.3) is 0 Å². The number of carbonyl (C=O) groups excluding carboxylic acids is 1. The van der Waals surface area contributed by atoms with E-state index in [9.17, 15) is 9.59 Å². The summed E-state index contributed by atoms with van der Waals surface area (Å²) in [5, 5.41) is 9.05. The fraction of sp³-hybridized carbons (Fsp3) is 0.778. The molecule has 1 aliphatic rings. The number of likely N-dealkylation sites (tertiary alicyclic amines) is 1. The topological polar surface area (TPSA) is 83.6 Å². The Morgan fingerprint density at radius 1 is 1.57 bits per heavy atom. The molecule has 14 heavy (non-hydrogen) atoms. The van der Waals surface area contributed by atoms with Crippen LogP contribution < -0.4 is 5.73 Å². The molecule has 1 unspecified atom stereocenters. The van der Waals surface area contributed by atoms with E-state index >= 15 is 0 Å². The van der Waals surface area contributed by atoms with Crippen LogP contribution in [-0.4, -0.2) is 40.5 Å². The monoisotopic (exact) mass is 200 g/mol. The van der Waals surface area contributed by atoms with Crippen molar-refractivity contribution in [2.24, 2.45) is 5.73 Å². The van der Waals surface area contributed by atoms with Crippen LogP contribution in [0.2, 0.25) is 0 Å². The van der Waals surface area contributed by atoms with Crippen LogP contribution in [0.4, 0.5) is 0 Å². The first kappa shape index (κ1) is 11.0. The number of nitrogens with two attached hydrogens (primary N) is 1. The summed E-state index contributed by atoms with van der Waals surface area (Å²) in [6, 6.07) is 0. The largest absolute Gasteiger partial charge is 0.480 e. The van der Waals surface area contributed by atoms with Gasteiger partial charge in [0.05, 0.1) is 0 Å². The zero-order chi connectivity index (χ0) is 10.8. The van der Waals surface area contributed by atoms with E-state index in [-0.39, 0.29) is 12.3 Å². The third-order valence-corrected chi connectivity index (χ3v) is 2.88. The van der Waals surface area contributed by atoms with Gasteiger partial charge in [-0.25, -0.2) is 0 Å². The van der Waals surface area contributed by atoms with Crippen molar-refractivity contribution >= 4 is 11.9 Å². The van der Waals surface area contributed by atoms with Crippen molar-refractivity contribution in [3.05, 3.63) is 0 Å². The Bertz CT molecular complexity index is 254. The molecule has 80 valence electrons. The van der Waals surface area contributed by atoms with Gasteiger partial charge in [0.2, 0.25) is 5.91 Å². The lowest BCUT2D eigenvalue weighted by atomic mass is 9.99. The summed E-state index contributed by atoms with van der Waals surface area (Å²) >= 11 is 0. The van der Waals surface area contributed by atoms with E-state index in [2.05, 4.69) is 0 Å². The van der Waals surface area contributed by atoms with Gasteiger partial charge < -0.3 is 10.8 Å². The van der Waals surface area contributed by atoms with Crippen LogP contribution in [0.3, 0.4) is 0 Å². The van der Waals surface area contributed by atoms with Crippen LogP contribution >= 0.6 is 0 Å². The van der Waals surface area contributed by atoms with Crippen LogP contribution in [0, 0.1) is 0 Å². The molecule has 0 saturated carbocycles. The zero-order valence-electron chi connectivity index (χ0n) is 8.32. The van der Waals surface area contributed by atoms with Gasteiger partial charge in [0.1, 0.15) is 5.54 Å². The Morgan fingerprint density at radius 2 is 2.21 bits per heavy atom. The Kier molecular flexibility index (Phi) is 3.10. The standard InChI is InChI=1S/C9H16N2O3/c1-9(8(13)14)4-2-5-11(9)6-3-7(10)12/h2-6H2,1H3,(H2,10,12)(H,13,14). The van der Waals surface area contributed by atoms with Crippen LogP contribution in [0.5, 0.6) is 0 Å². The minimum atomic E-state index is -0.820. The van der Waals surface area contributed by atoms with Crippen molar-refractivity contribution < 1.29 is 14.7 Å². The summed E-state index contributed by atoms with van der Waals surface area (Å²) in [6.45, 7) is 2.87. The second-order valence-electron chi connectivity index (χ2n) is 3.89. The molecule has 0 aromatic heterocycles.